The molecule has 0 aromatic heterocycles. The van der Waals surface area contributed by atoms with Crippen LogP contribution in [0.2, 0.25) is 0 Å². The van der Waals surface area contributed by atoms with Crippen molar-refractivity contribution in [3.05, 3.63) is 0 Å². The van der Waals surface area contributed by atoms with E-state index in [0.717, 1.165) is 70.6 Å². The summed E-state index contributed by atoms with van der Waals surface area (Å²) in [7, 11) is -5.32. The fraction of sp³-hybridized carbons (Fsp3) is 0.969. The van der Waals surface area contributed by atoms with Crippen LogP contribution in [0, 0.1) is 35.5 Å². The highest BCUT2D eigenvalue weighted by atomic mass is 32.3. The zero-order valence-corrected chi connectivity index (χ0v) is 53.4. The van der Waals surface area contributed by atoms with E-state index in [1.165, 1.54) is 135 Å². The average molecular weight is 1200 g/mol. The van der Waals surface area contributed by atoms with Crippen molar-refractivity contribution in [1.29, 1.82) is 0 Å². The second-order valence-electron chi connectivity index (χ2n) is 25.7. The summed E-state index contributed by atoms with van der Waals surface area (Å²) < 4.78 is 67.3. The number of hydrogen-bond acceptors (Lipinski definition) is 16. The number of hydrogen-bond donors (Lipinski definition) is 7. The summed E-state index contributed by atoms with van der Waals surface area (Å²) in [6.45, 7) is 15.5. The summed E-state index contributed by atoms with van der Waals surface area (Å²) in [4.78, 5) is 27.7. The first kappa shape index (κ1) is 76.5. The monoisotopic (exact) mass is 1190 g/mol. The first-order chi connectivity index (χ1) is 39.1. The Kier molecular flexibility index (Phi) is 41.8. The van der Waals surface area contributed by atoms with Crippen molar-refractivity contribution in [3.63, 3.8) is 0 Å². The predicted octanol–water partition coefficient (Wildman–Crippen LogP) is 12.4. The number of rotatable bonds is 50. The highest BCUT2D eigenvalue weighted by Crippen LogP contribution is 2.35. The van der Waals surface area contributed by atoms with Crippen molar-refractivity contribution in [2.75, 3.05) is 13.2 Å². The van der Waals surface area contributed by atoms with Gasteiger partial charge in [0.15, 0.2) is 24.6 Å². The Hall–Kier alpha value is -1.55. The SMILES string of the molecule is CCCCCCCCCCCCCCCCCC(=O)O[C@@H]1[C@H](O[C@H]2O[C@H](CO)[C@@H](O)[C@H](O)[C@H]2OS(=O)(=O)O)O[C@@H](CO)[C@H](O)[C@H]1OC(=O)[C@H](C)C[C@H](C)C[C@H](C)C[C@H](C)C[C@H](C)C[C@H](C)[C@H](O)CCCCCCCCCCCCCCC. The van der Waals surface area contributed by atoms with Crippen LogP contribution >= 0.6 is 0 Å². The molecule has 17 atom stereocenters. The molecule has 0 radical (unpaired) electrons. The van der Waals surface area contributed by atoms with E-state index in [9.17, 15) is 53.2 Å². The van der Waals surface area contributed by atoms with Crippen LogP contribution in [0.5, 0.6) is 0 Å². The molecule has 0 aliphatic carbocycles. The van der Waals surface area contributed by atoms with Crippen LogP contribution < -0.4 is 0 Å². The largest absolute Gasteiger partial charge is 0.455 e. The van der Waals surface area contributed by atoms with E-state index in [2.05, 4.69) is 52.6 Å². The number of aliphatic hydroxyl groups is 6. The minimum absolute atomic E-state index is 0.0565. The van der Waals surface area contributed by atoms with Crippen LogP contribution in [0.1, 0.15) is 280 Å². The highest BCUT2D eigenvalue weighted by Gasteiger charge is 2.55. The van der Waals surface area contributed by atoms with Gasteiger partial charge in [-0.15, -0.1) is 0 Å². The van der Waals surface area contributed by atoms with Gasteiger partial charge < -0.3 is 54.3 Å². The minimum Gasteiger partial charge on any atom is -0.455 e. The first-order valence-corrected chi connectivity index (χ1v) is 34.5. The topological polar surface area (TPSA) is 265 Å². The van der Waals surface area contributed by atoms with Gasteiger partial charge >= 0.3 is 22.3 Å². The number of carbonyl (C=O) groups is 2. The van der Waals surface area contributed by atoms with Crippen LogP contribution in [-0.2, 0) is 47.9 Å². The van der Waals surface area contributed by atoms with E-state index >= 15 is 0 Å². The average Bonchev–Trinajstić information content (AvgIpc) is 3.63. The molecule has 2 aliphatic rings. The van der Waals surface area contributed by atoms with Crippen LogP contribution in [0.25, 0.3) is 0 Å². The molecule has 2 fully saturated rings. The van der Waals surface area contributed by atoms with Gasteiger partial charge in [0.05, 0.1) is 25.2 Å². The molecule has 2 aliphatic heterocycles. The Morgan fingerprint density at radius 1 is 0.476 bits per heavy atom. The fourth-order valence-electron chi connectivity index (χ4n) is 12.6. The lowest BCUT2D eigenvalue weighted by atomic mass is 9.81. The summed E-state index contributed by atoms with van der Waals surface area (Å²) in [5, 5.41) is 64.3. The van der Waals surface area contributed by atoms with E-state index in [4.69, 9.17) is 23.7 Å². The maximum absolute atomic E-state index is 14.0. The second-order valence-corrected chi connectivity index (χ2v) is 26.7. The van der Waals surface area contributed by atoms with Crippen molar-refractivity contribution in [1.82, 2.24) is 0 Å². The molecule has 486 valence electrons. The van der Waals surface area contributed by atoms with E-state index in [1.54, 1.807) is 6.92 Å². The Bertz CT molecular complexity index is 1710. The molecular weight excluding hydrogens is 1070 g/mol. The zero-order valence-electron chi connectivity index (χ0n) is 52.6. The zero-order chi connectivity index (χ0) is 60.9. The van der Waals surface area contributed by atoms with Gasteiger partial charge in [0.25, 0.3) is 0 Å². The highest BCUT2D eigenvalue weighted by molar-refractivity contribution is 7.80. The summed E-state index contributed by atoms with van der Waals surface area (Å²) in [6.07, 6.45) is 20.5. The Morgan fingerprint density at radius 2 is 0.854 bits per heavy atom. The van der Waals surface area contributed by atoms with Gasteiger partial charge in [0.2, 0.25) is 6.29 Å². The Balaban J connectivity index is 2.00. The van der Waals surface area contributed by atoms with Crippen LogP contribution in [0.15, 0.2) is 0 Å². The van der Waals surface area contributed by atoms with E-state index < -0.39 is 103 Å². The molecule has 2 heterocycles. The van der Waals surface area contributed by atoms with E-state index in [1.807, 2.05) is 0 Å². The lowest BCUT2D eigenvalue weighted by Gasteiger charge is -2.46. The van der Waals surface area contributed by atoms with Crippen LogP contribution in [0.3, 0.4) is 0 Å². The summed E-state index contributed by atoms with van der Waals surface area (Å²) in [5.74, 6) is -0.543. The van der Waals surface area contributed by atoms with Crippen molar-refractivity contribution in [3.8, 4) is 0 Å². The van der Waals surface area contributed by atoms with Gasteiger partial charge in [-0.2, -0.15) is 8.42 Å². The van der Waals surface area contributed by atoms with Gasteiger partial charge in [-0.25, -0.2) is 4.18 Å². The summed E-state index contributed by atoms with van der Waals surface area (Å²) in [6, 6.07) is 0. The van der Waals surface area contributed by atoms with Crippen molar-refractivity contribution >= 4 is 22.3 Å². The number of carbonyl (C=O) groups excluding carboxylic acids is 2. The minimum atomic E-state index is -5.32. The summed E-state index contributed by atoms with van der Waals surface area (Å²) >= 11 is 0. The lowest BCUT2D eigenvalue weighted by Crippen LogP contribution is -2.65. The predicted molar refractivity (Wildman–Crippen MR) is 321 cm³/mol. The van der Waals surface area contributed by atoms with Crippen molar-refractivity contribution < 1.29 is 81.1 Å². The number of aliphatic hydroxyl groups excluding tert-OH is 6. The lowest BCUT2D eigenvalue weighted by molar-refractivity contribution is -0.374. The van der Waals surface area contributed by atoms with Crippen LogP contribution in [0.4, 0.5) is 0 Å². The molecule has 82 heavy (non-hydrogen) atoms. The number of unbranched alkanes of at least 4 members (excludes halogenated alkanes) is 26. The van der Waals surface area contributed by atoms with Crippen molar-refractivity contribution in [2.24, 2.45) is 35.5 Å². The standard InChI is InChI=1S/C64H122O17S/c1-9-11-13-15-17-19-21-23-24-26-28-30-32-34-36-38-55(68)78-61-59(57(70)54(45-66)77-64(61)80-63-60(81-82(73,74)75)58(71)56(69)53(44-65)76-63)79-62(72)51(8)43-49(6)41-47(4)39-46(3)40-48(5)42-50(7)52(67)37-35-33-31-29-27-25-22-20-18-16-14-12-10-2/h46-54,56-61,63-67,69-71H,9-45H2,1-8H3,(H,73,74,75)/t46-,47+,48-,49+,50-,51+,52+,53+,54-,56+,57-,58-,59+,60+,61-,63+,64-/m0/s1. The Labute approximate surface area is 497 Å². The maximum Gasteiger partial charge on any atom is 0.397 e. The quantitative estimate of drug-likeness (QED) is 0.0170. The molecule has 18 heteroatoms. The van der Waals surface area contributed by atoms with Crippen molar-refractivity contribution in [2.45, 2.75) is 348 Å². The number of ether oxygens (including phenoxy) is 5. The molecule has 0 aromatic rings. The maximum atomic E-state index is 14.0. The molecule has 0 unspecified atom stereocenters. The van der Waals surface area contributed by atoms with Gasteiger partial charge in [-0.05, 0) is 74.5 Å². The molecule has 2 rings (SSSR count). The molecule has 0 saturated carbocycles. The third-order valence-corrected chi connectivity index (χ3v) is 17.7. The molecule has 0 spiro atoms. The van der Waals surface area contributed by atoms with Gasteiger partial charge in [-0.3, -0.25) is 14.1 Å². The van der Waals surface area contributed by atoms with E-state index in [-0.39, 0.29) is 24.4 Å². The normalized spacial score (nSPS) is 25.9. The molecule has 0 bridgehead atoms. The van der Waals surface area contributed by atoms with Gasteiger partial charge in [0, 0.05) is 6.42 Å². The number of esters is 2. The molecule has 17 nitrogen and oxygen atoms in total. The van der Waals surface area contributed by atoms with E-state index in [0.29, 0.717) is 30.6 Å². The Morgan fingerprint density at radius 3 is 1.28 bits per heavy atom. The second kappa shape index (κ2) is 44.8. The molecule has 2 saturated heterocycles. The fourth-order valence-corrected chi connectivity index (χ4v) is 13.1. The summed E-state index contributed by atoms with van der Waals surface area (Å²) in [5.41, 5.74) is 0. The molecular formula is C64H122O17S. The third kappa shape index (κ3) is 33.0. The smallest absolute Gasteiger partial charge is 0.397 e. The molecule has 0 amide bonds. The first-order valence-electron chi connectivity index (χ1n) is 33.1. The molecule has 0 aromatic carbocycles. The van der Waals surface area contributed by atoms with Crippen LogP contribution in [-0.4, -0.2) is 136 Å². The molecule has 7 N–H and O–H groups in total. The van der Waals surface area contributed by atoms with Gasteiger partial charge in [-0.1, -0.05) is 229 Å². The van der Waals surface area contributed by atoms with Gasteiger partial charge in [0.1, 0.15) is 30.5 Å². The third-order valence-electron chi connectivity index (χ3n) is 17.2.